The highest BCUT2D eigenvalue weighted by Gasteiger charge is 2.35. The highest BCUT2D eigenvalue weighted by molar-refractivity contribution is 6.32. The van der Waals surface area contributed by atoms with E-state index in [2.05, 4.69) is 11.9 Å². The minimum atomic E-state index is -0.793. The monoisotopic (exact) mass is 403 g/mol. The zero-order valence-corrected chi connectivity index (χ0v) is 15.9. The first-order chi connectivity index (χ1) is 13.3. The molecule has 1 atom stereocenters. The average molecular weight is 404 g/mol. The van der Waals surface area contributed by atoms with Gasteiger partial charge in [-0.25, -0.2) is 9.18 Å². The average Bonchev–Trinajstić information content (AvgIpc) is 2.63. The van der Waals surface area contributed by atoms with Crippen molar-refractivity contribution in [3.8, 4) is 11.5 Å². The molecule has 146 valence electrons. The van der Waals surface area contributed by atoms with E-state index in [9.17, 15) is 14.0 Å². The molecule has 3 amide bonds. The van der Waals surface area contributed by atoms with E-state index in [4.69, 9.17) is 22.1 Å². The summed E-state index contributed by atoms with van der Waals surface area (Å²) >= 11 is 6.14. The maximum atomic E-state index is 13.7. The van der Waals surface area contributed by atoms with Gasteiger partial charge in [-0.05, 0) is 30.2 Å². The van der Waals surface area contributed by atoms with Crippen molar-refractivity contribution in [3.63, 3.8) is 0 Å². The maximum absolute atomic E-state index is 13.7. The number of fused-ring (bicyclic) bond motifs is 1. The molecule has 0 radical (unpaired) electrons. The number of benzene rings is 2. The third kappa shape index (κ3) is 3.80. The maximum Gasteiger partial charge on any atom is 0.312 e. The Hall–Kier alpha value is -3.06. The van der Waals surface area contributed by atoms with Gasteiger partial charge in [0.1, 0.15) is 17.6 Å². The molecule has 6 nitrogen and oxygen atoms in total. The topological polar surface area (TPSA) is 84.7 Å². The molecule has 28 heavy (non-hydrogen) atoms. The molecule has 1 aliphatic heterocycles. The molecule has 0 unspecified atom stereocenters. The fraction of sp³-hybridized carbons (Fsp3) is 0.200. The molecule has 0 aliphatic carbocycles. The number of hydrogen-bond acceptors (Lipinski definition) is 3. The van der Waals surface area contributed by atoms with Crippen molar-refractivity contribution < 1.29 is 18.7 Å². The van der Waals surface area contributed by atoms with Crippen LogP contribution in [0.15, 0.2) is 43.0 Å². The molecule has 0 fully saturated rings. The lowest BCUT2D eigenvalue weighted by Gasteiger charge is -2.35. The number of primary amides is 1. The largest absolute Gasteiger partial charge is 0.453 e. The number of halogens is 2. The first-order valence-electron chi connectivity index (χ1n) is 8.55. The van der Waals surface area contributed by atoms with E-state index in [1.165, 1.54) is 23.1 Å². The molecule has 8 heteroatoms. The fourth-order valence-electron chi connectivity index (χ4n) is 3.17. The van der Waals surface area contributed by atoms with Crippen molar-refractivity contribution in [2.24, 2.45) is 5.73 Å². The van der Waals surface area contributed by atoms with E-state index < -0.39 is 17.9 Å². The number of ether oxygens (including phenoxy) is 1. The third-order valence-corrected chi connectivity index (χ3v) is 4.72. The summed E-state index contributed by atoms with van der Waals surface area (Å²) in [7, 11) is 0. The molecule has 3 N–H and O–H groups in total. The SMILES string of the molecule is C=CCN1C(=O)[C@H](NC(N)=O)Cc2ccc(C)c(Oc3cc(F)ccc3Cl)c21. The van der Waals surface area contributed by atoms with Crippen LogP contribution in [0.2, 0.25) is 5.02 Å². The van der Waals surface area contributed by atoms with Gasteiger partial charge in [0.25, 0.3) is 0 Å². The molecule has 0 aromatic heterocycles. The molecule has 0 spiro atoms. The van der Waals surface area contributed by atoms with Gasteiger partial charge in [0.05, 0.1) is 10.7 Å². The number of carbonyl (C=O) groups is 2. The lowest BCUT2D eigenvalue weighted by atomic mass is 9.94. The third-order valence-electron chi connectivity index (χ3n) is 4.40. The summed E-state index contributed by atoms with van der Waals surface area (Å²) < 4.78 is 19.6. The first-order valence-corrected chi connectivity index (χ1v) is 8.93. The van der Waals surface area contributed by atoms with Gasteiger partial charge in [-0.15, -0.1) is 6.58 Å². The Balaban J connectivity index is 2.11. The number of amides is 3. The van der Waals surface area contributed by atoms with Crippen LogP contribution in [0.4, 0.5) is 14.9 Å². The normalized spacial score (nSPS) is 15.8. The molecular weight excluding hydrogens is 385 g/mol. The molecule has 3 rings (SSSR count). The molecule has 2 aromatic rings. The van der Waals surface area contributed by atoms with Gasteiger partial charge in [-0.3, -0.25) is 4.79 Å². The summed E-state index contributed by atoms with van der Waals surface area (Å²) in [6.45, 7) is 5.70. The van der Waals surface area contributed by atoms with Gasteiger partial charge >= 0.3 is 6.03 Å². The van der Waals surface area contributed by atoms with Crippen molar-refractivity contribution in [1.29, 1.82) is 0 Å². The summed E-state index contributed by atoms with van der Waals surface area (Å²) in [5.74, 6) is -0.308. The minimum absolute atomic E-state index is 0.140. The molecule has 0 saturated carbocycles. The summed E-state index contributed by atoms with van der Waals surface area (Å²) in [6.07, 6.45) is 1.81. The highest BCUT2D eigenvalue weighted by Crippen LogP contribution is 2.43. The lowest BCUT2D eigenvalue weighted by molar-refractivity contribution is -0.120. The number of nitrogens with two attached hydrogens (primary N) is 1. The summed E-state index contributed by atoms with van der Waals surface area (Å²) in [5.41, 5.74) is 7.24. The lowest BCUT2D eigenvalue weighted by Crippen LogP contribution is -2.54. The number of nitrogens with one attached hydrogen (secondary N) is 1. The van der Waals surface area contributed by atoms with E-state index in [0.717, 1.165) is 11.1 Å². The second-order valence-corrected chi connectivity index (χ2v) is 6.81. The highest BCUT2D eigenvalue weighted by atomic mass is 35.5. The summed E-state index contributed by atoms with van der Waals surface area (Å²) in [5, 5.41) is 2.70. The number of aryl methyl sites for hydroxylation is 1. The van der Waals surface area contributed by atoms with Gasteiger partial charge in [0.15, 0.2) is 5.75 Å². The Morgan fingerprint density at radius 3 is 2.89 bits per heavy atom. The predicted molar refractivity (Wildman–Crippen MR) is 105 cm³/mol. The van der Waals surface area contributed by atoms with Gasteiger partial charge in [-0.2, -0.15) is 0 Å². The van der Waals surface area contributed by atoms with E-state index >= 15 is 0 Å². The first kappa shape index (κ1) is 19.7. The van der Waals surface area contributed by atoms with Gasteiger partial charge in [0.2, 0.25) is 5.91 Å². The van der Waals surface area contributed by atoms with Crippen LogP contribution in [0.25, 0.3) is 0 Å². The number of anilines is 1. The number of rotatable bonds is 5. The molecule has 1 aliphatic rings. The van der Waals surface area contributed by atoms with E-state index in [0.29, 0.717) is 11.4 Å². The Morgan fingerprint density at radius 2 is 2.21 bits per heavy atom. The van der Waals surface area contributed by atoms with Crippen LogP contribution in [-0.4, -0.2) is 24.5 Å². The van der Waals surface area contributed by atoms with E-state index in [1.54, 1.807) is 6.08 Å². The zero-order chi connectivity index (χ0) is 20.4. The van der Waals surface area contributed by atoms with E-state index in [1.807, 2.05) is 19.1 Å². The van der Waals surface area contributed by atoms with Crippen molar-refractivity contribution in [2.45, 2.75) is 19.4 Å². The quantitative estimate of drug-likeness (QED) is 0.746. The Bertz CT molecular complexity index is 964. The number of urea groups is 1. The second kappa shape index (κ2) is 7.90. The zero-order valence-electron chi connectivity index (χ0n) is 15.2. The van der Waals surface area contributed by atoms with Crippen LogP contribution in [0.1, 0.15) is 11.1 Å². The minimum Gasteiger partial charge on any atom is -0.453 e. The van der Waals surface area contributed by atoms with Crippen LogP contribution >= 0.6 is 11.6 Å². The Kier molecular flexibility index (Phi) is 5.56. The van der Waals surface area contributed by atoms with Crippen LogP contribution in [0, 0.1) is 12.7 Å². The smallest absolute Gasteiger partial charge is 0.312 e. The van der Waals surface area contributed by atoms with Crippen LogP contribution in [0.3, 0.4) is 0 Å². The van der Waals surface area contributed by atoms with Crippen molar-refractivity contribution in [3.05, 3.63) is 65.0 Å². The van der Waals surface area contributed by atoms with Crippen molar-refractivity contribution in [1.82, 2.24) is 5.32 Å². The van der Waals surface area contributed by atoms with Gasteiger partial charge in [0, 0.05) is 19.0 Å². The Labute approximate surface area is 166 Å². The molecule has 0 bridgehead atoms. The van der Waals surface area contributed by atoms with Crippen LogP contribution in [0.5, 0.6) is 11.5 Å². The van der Waals surface area contributed by atoms with Crippen molar-refractivity contribution >= 4 is 29.2 Å². The summed E-state index contributed by atoms with van der Waals surface area (Å²) in [4.78, 5) is 25.6. The Morgan fingerprint density at radius 1 is 1.46 bits per heavy atom. The van der Waals surface area contributed by atoms with E-state index in [-0.39, 0.29) is 29.6 Å². The molecule has 0 saturated heterocycles. The van der Waals surface area contributed by atoms with Crippen LogP contribution < -0.4 is 20.7 Å². The number of hydrogen-bond donors (Lipinski definition) is 2. The van der Waals surface area contributed by atoms with Gasteiger partial charge < -0.3 is 20.7 Å². The van der Waals surface area contributed by atoms with Crippen molar-refractivity contribution in [2.75, 3.05) is 11.4 Å². The number of carbonyl (C=O) groups excluding carboxylic acids is 2. The molecular formula is C20H19ClFN3O3. The molecule has 1 heterocycles. The fourth-order valence-corrected chi connectivity index (χ4v) is 3.32. The van der Waals surface area contributed by atoms with Gasteiger partial charge in [-0.1, -0.05) is 29.8 Å². The standard InChI is InChI=1S/C20H19ClFN3O3/c1-3-8-25-17-12(9-15(19(25)26)24-20(23)27)5-4-11(2)18(17)28-16-10-13(22)6-7-14(16)21/h3-7,10,15H,1,8-9H2,2H3,(H3,23,24,27)/t15-/m1/s1. The second-order valence-electron chi connectivity index (χ2n) is 6.40. The molecule has 2 aromatic carbocycles. The summed E-state index contributed by atoms with van der Waals surface area (Å²) in [6, 6.07) is 5.91. The van der Waals surface area contributed by atoms with Crippen LogP contribution in [-0.2, 0) is 11.2 Å². The number of nitrogens with zero attached hydrogens (tertiary/aromatic N) is 1. The predicted octanol–water partition coefficient (Wildman–Crippen LogP) is 3.69.